The molecule has 1 saturated heterocycles. The predicted octanol–water partition coefficient (Wildman–Crippen LogP) is 2.27. The topological polar surface area (TPSA) is 79.5 Å². The molecule has 22 heavy (non-hydrogen) atoms. The third-order valence-electron chi connectivity index (χ3n) is 5.71. The molecule has 1 aromatic rings. The number of hydrogen-bond acceptors (Lipinski definition) is 5. The van der Waals surface area contributed by atoms with Crippen LogP contribution < -0.4 is 0 Å². The molecule has 3 fully saturated rings. The summed E-state index contributed by atoms with van der Waals surface area (Å²) in [5, 5.41) is 13.1. The molecule has 1 aromatic heterocycles. The molecule has 6 heteroatoms. The number of hydrogen-bond donors (Lipinski definition) is 1. The molecule has 3 aliphatic rings. The van der Waals surface area contributed by atoms with Crippen LogP contribution in [0.5, 0.6) is 0 Å². The Morgan fingerprint density at radius 3 is 2.64 bits per heavy atom. The van der Waals surface area contributed by atoms with E-state index in [4.69, 9.17) is 9.63 Å². The van der Waals surface area contributed by atoms with E-state index >= 15 is 0 Å². The van der Waals surface area contributed by atoms with Gasteiger partial charge < -0.3 is 9.63 Å². The number of likely N-dealkylation sites (tertiary alicyclic amines) is 1. The summed E-state index contributed by atoms with van der Waals surface area (Å²) in [4.78, 5) is 17.9. The second-order valence-electron chi connectivity index (χ2n) is 7.13. The van der Waals surface area contributed by atoms with Gasteiger partial charge in [-0.25, -0.2) is 0 Å². The lowest BCUT2D eigenvalue weighted by Crippen LogP contribution is -2.34. The van der Waals surface area contributed by atoms with Gasteiger partial charge in [-0.05, 0) is 57.0 Å². The van der Waals surface area contributed by atoms with Gasteiger partial charge in [0.1, 0.15) is 0 Å². The molecule has 0 unspecified atom stereocenters. The molecule has 0 spiro atoms. The van der Waals surface area contributed by atoms with E-state index in [0.717, 1.165) is 50.6 Å². The number of carboxylic acids is 1. The molecule has 2 atom stereocenters. The zero-order valence-electron chi connectivity index (χ0n) is 12.8. The van der Waals surface area contributed by atoms with Crippen LogP contribution in [-0.2, 0) is 11.3 Å². The number of piperidine rings is 1. The molecule has 4 rings (SSSR count). The summed E-state index contributed by atoms with van der Waals surface area (Å²) in [5.41, 5.74) is 0. The molecule has 1 aliphatic heterocycles. The summed E-state index contributed by atoms with van der Waals surface area (Å²) in [7, 11) is 0. The Morgan fingerprint density at radius 1 is 1.27 bits per heavy atom. The fourth-order valence-electron chi connectivity index (χ4n) is 3.91. The molecule has 1 N–H and O–H groups in total. The normalized spacial score (nSPS) is 30.2. The molecular formula is C16H23N3O3. The highest BCUT2D eigenvalue weighted by Gasteiger charge is 2.48. The van der Waals surface area contributed by atoms with Crippen molar-refractivity contribution in [1.82, 2.24) is 15.0 Å². The summed E-state index contributed by atoms with van der Waals surface area (Å²) in [6.07, 6.45) is 6.73. The van der Waals surface area contributed by atoms with Gasteiger partial charge in [-0.3, -0.25) is 9.69 Å². The minimum atomic E-state index is -0.609. The Labute approximate surface area is 129 Å². The maximum Gasteiger partial charge on any atom is 0.306 e. The zero-order valence-corrected chi connectivity index (χ0v) is 12.8. The van der Waals surface area contributed by atoms with Crippen LogP contribution >= 0.6 is 0 Å². The van der Waals surface area contributed by atoms with Crippen LogP contribution in [-0.4, -0.2) is 39.2 Å². The van der Waals surface area contributed by atoms with Crippen LogP contribution in [0.1, 0.15) is 56.2 Å². The molecule has 0 amide bonds. The molecule has 0 bridgehead atoms. The van der Waals surface area contributed by atoms with E-state index in [2.05, 4.69) is 15.0 Å². The van der Waals surface area contributed by atoms with Crippen molar-refractivity contribution in [1.29, 1.82) is 0 Å². The van der Waals surface area contributed by atoms with Gasteiger partial charge in [0.05, 0.1) is 12.5 Å². The van der Waals surface area contributed by atoms with Crippen molar-refractivity contribution < 1.29 is 14.4 Å². The van der Waals surface area contributed by atoms with Crippen molar-refractivity contribution in [2.45, 2.75) is 51.0 Å². The number of carboxylic acid groups (broad SMARTS) is 1. The maximum atomic E-state index is 11.0. The molecule has 0 radical (unpaired) electrons. The lowest BCUT2D eigenvalue weighted by Gasteiger charge is -2.31. The fraction of sp³-hybridized carbons (Fsp3) is 0.812. The Kier molecular flexibility index (Phi) is 3.64. The van der Waals surface area contributed by atoms with Crippen LogP contribution in [0.4, 0.5) is 0 Å². The van der Waals surface area contributed by atoms with E-state index in [1.54, 1.807) is 0 Å². The van der Waals surface area contributed by atoms with E-state index in [1.165, 1.54) is 19.3 Å². The highest BCUT2D eigenvalue weighted by atomic mass is 16.5. The van der Waals surface area contributed by atoms with E-state index in [0.29, 0.717) is 17.8 Å². The van der Waals surface area contributed by atoms with Crippen molar-refractivity contribution >= 4 is 5.97 Å². The van der Waals surface area contributed by atoms with Gasteiger partial charge >= 0.3 is 5.97 Å². The first kappa shape index (κ1) is 14.2. The van der Waals surface area contributed by atoms with Crippen LogP contribution in [0, 0.1) is 17.8 Å². The molecule has 0 aromatic carbocycles. The van der Waals surface area contributed by atoms with Crippen molar-refractivity contribution in [2.75, 3.05) is 13.1 Å². The number of rotatable bonds is 5. The Morgan fingerprint density at radius 2 is 2.05 bits per heavy atom. The van der Waals surface area contributed by atoms with Gasteiger partial charge in [0.15, 0.2) is 5.82 Å². The van der Waals surface area contributed by atoms with E-state index in [1.807, 2.05) is 0 Å². The highest BCUT2D eigenvalue weighted by molar-refractivity contribution is 5.73. The quantitative estimate of drug-likeness (QED) is 0.899. The first-order valence-electron chi connectivity index (χ1n) is 8.48. The molecule has 2 aliphatic carbocycles. The summed E-state index contributed by atoms with van der Waals surface area (Å²) < 4.78 is 5.38. The lowest BCUT2D eigenvalue weighted by molar-refractivity contribution is -0.139. The van der Waals surface area contributed by atoms with Gasteiger partial charge in [0, 0.05) is 5.92 Å². The monoisotopic (exact) mass is 305 g/mol. The molecular weight excluding hydrogens is 282 g/mol. The van der Waals surface area contributed by atoms with Crippen molar-refractivity contribution in [3.05, 3.63) is 11.7 Å². The fourth-order valence-corrected chi connectivity index (χ4v) is 3.91. The van der Waals surface area contributed by atoms with E-state index in [-0.39, 0.29) is 5.92 Å². The molecule has 2 heterocycles. The van der Waals surface area contributed by atoms with Crippen LogP contribution in [0.15, 0.2) is 4.52 Å². The predicted molar refractivity (Wildman–Crippen MR) is 78.1 cm³/mol. The Bertz CT molecular complexity index is 547. The van der Waals surface area contributed by atoms with Gasteiger partial charge in [0.25, 0.3) is 0 Å². The third kappa shape index (κ3) is 2.76. The molecule has 2 saturated carbocycles. The standard InChI is InChI=1S/C16H23N3O3/c20-16(21)13-8-12(13)10-4-6-19(7-5-10)9-14-17-15(18-22-14)11-2-1-3-11/h10-13H,1-9H2,(H,20,21)/t12-,13+/m0/s1. The second-order valence-corrected chi connectivity index (χ2v) is 7.13. The number of carbonyl (C=O) groups is 1. The van der Waals surface area contributed by atoms with Gasteiger partial charge in [0.2, 0.25) is 5.89 Å². The van der Waals surface area contributed by atoms with Crippen LogP contribution in [0.2, 0.25) is 0 Å². The van der Waals surface area contributed by atoms with E-state index in [9.17, 15) is 4.79 Å². The second kappa shape index (κ2) is 5.65. The largest absolute Gasteiger partial charge is 0.481 e. The maximum absolute atomic E-state index is 11.0. The average Bonchev–Trinajstić information content (AvgIpc) is 3.14. The summed E-state index contributed by atoms with van der Waals surface area (Å²) in [5.74, 6) is 2.47. The molecule has 120 valence electrons. The minimum absolute atomic E-state index is 0.0717. The van der Waals surface area contributed by atoms with Crippen LogP contribution in [0.3, 0.4) is 0 Å². The van der Waals surface area contributed by atoms with Gasteiger partial charge in [-0.15, -0.1) is 0 Å². The number of aromatic nitrogens is 2. The lowest BCUT2D eigenvalue weighted by atomic mass is 9.85. The van der Waals surface area contributed by atoms with Crippen LogP contribution in [0.25, 0.3) is 0 Å². The number of aliphatic carboxylic acids is 1. The van der Waals surface area contributed by atoms with Crippen molar-refractivity contribution in [3.63, 3.8) is 0 Å². The SMILES string of the molecule is O=C(O)[C@@H]1C[C@H]1C1CCN(Cc2nc(C3CCC3)no2)CC1. The molecule has 6 nitrogen and oxygen atoms in total. The smallest absolute Gasteiger partial charge is 0.306 e. The van der Waals surface area contributed by atoms with Gasteiger partial charge in [-0.1, -0.05) is 11.6 Å². The Balaban J connectivity index is 1.25. The first-order chi connectivity index (χ1) is 10.7. The highest BCUT2D eigenvalue weighted by Crippen LogP contribution is 2.48. The summed E-state index contributed by atoms with van der Waals surface area (Å²) in [6, 6.07) is 0. The van der Waals surface area contributed by atoms with Crippen molar-refractivity contribution in [2.24, 2.45) is 17.8 Å². The summed E-state index contributed by atoms with van der Waals surface area (Å²) >= 11 is 0. The van der Waals surface area contributed by atoms with Crippen molar-refractivity contribution in [3.8, 4) is 0 Å². The third-order valence-corrected chi connectivity index (χ3v) is 5.71. The average molecular weight is 305 g/mol. The minimum Gasteiger partial charge on any atom is -0.481 e. The first-order valence-corrected chi connectivity index (χ1v) is 8.48. The Hall–Kier alpha value is -1.43. The van der Waals surface area contributed by atoms with Gasteiger partial charge in [-0.2, -0.15) is 4.98 Å². The number of nitrogens with zero attached hydrogens (tertiary/aromatic N) is 3. The summed E-state index contributed by atoms with van der Waals surface area (Å²) in [6.45, 7) is 2.75. The zero-order chi connectivity index (χ0) is 15.1. The van der Waals surface area contributed by atoms with E-state index < -0.39 is 5.97 Å².